The number of aryl methyl sites for hydroxylation is 1. The minimum absolute atomic E-state index is 0.0291. The second kappa shape index (κ2) is 9.99. The molecule has 2 N–H and O–H groups in total. The fourth-order valence-electron chi connectivity index (χ4n) is 2.59. The van der Waals surface area contributed by atoms with E-state index in [0.717, 1.165) is 24.8 Å². The predicted octanol–water partition coefficient (Wildman–Crippen LogP) is 3.84. The van der Waals surface area contributed by atoms with Gasteiger partial charge in [0.2, 0.25) is 11.8 Å². The SMILES string of the molecule is CC(C)NC(=O)[C@@H](NC(=O)CCCCc1cccs1)c1ccccc1. The summed E-state index contributed by atoms with van der Waals surface area (Å²) >= 11 is 1.75. The quantitative estimate of drug-likeness (QED) is 0.669. The molecule has 1 heterocycles. The van der Waals surface area contributed by atoms with Crippen molar-refractivity contribution in [2.24, 2.45) is 0 Å². The molecule has 4 nitrogen and oxygen atoms in total. The van der Waals surface area contributed by atoms with Crippen LogP contribution in [0.3, 0.4) is 0 Å². The highest BCUT2D eigenvalue weighted by Gasteiger charge is 2.22. The molecule has 2 aromatic rings. The van der Waals surface area contributed by atoms with Crippen LogP contribution in [0.1, 0.15) is 49.6 Å². The number of hydrogen-bond donors (Lipinski definition) is 2. The van der Waals surface area contributed by atoms with Crippen LogP contribution in [0.4, 0.5) is 0 Å². The Bertz CT molecular complexity index is 654. The Kier molecular flexibility index (Phi) is 7.67. The fourth-order valence-corrected chi connectivity index (χ4v) is 3.34. The minimum Gasteiger partial charge on any atom is -0.352 e. The lowest BCUT2D eigenvalue weighted by atomic mass is 10.1. The average molecular weight is 359 g/mol. The van der Waals surface area contributed by atoms with Gasteiger partial charge in [0, 0.05) is 17.3 Å². The number of carbonyl (C=O) groups excluding carboxylic acids is 2. The summed E-state index contributed by atoms with van der Waals surface area (Å²) in [5.74, 6) is -0.257. The van der Waals surface area contributed by atoms with Gasteiger partial charge in [0.1, 0.15) is 6.04 Å². The molecular weight excluding hydrogens is 332 g/mol. The van der Waals surface area contributed by atoms with Gasteiger partial charge in [-0.15, -0.1) is 11.3 Å². The van der Waals surface area contributed by atoms with E-state index < -0.39 is 6.04 Å². The maximum Gasteiger partial charge on any atom is 0.247 e. The van der Waals surface area contributed by atoms with Gasteiger partial charge < -0.3 is 10.6 Å². The smallest absolute Gasteiger partial charge is 0.247 e. The van der Waals surface area contributed by atoms with Crippen molar-refractivity contribution in [2.75, 3.05) is 0 Å². The summed E-state index contributed by atoms with van der Waals surface area (Å²) < 4.78 is 0. The van der Waals surface area contributed by atoms with Crippen LogP contribution >= 0.6 is 11.3 Å². The van der Waals surface area contributed by atoms with Crippen molar-refractivity contribution in [3.05, 3.63) is 58.3 Å². The molecule has 0 aliphatic heterocycles. The molecule has 2 amide bonds. The predicted molar refractivity (Wildman–Crippen MR) is 102 cm³/mol. The van der Waals surface area contributed by atoms with Crippen molar-refractivity contribution in [1.82, 2.24) is 10.6 Å². The van der Waals surface area contributed by atoms with Crippen LogP contribution in [0.15, 0.2) is 47.8 Å². The van der Waals surface area contributed by atoms with E-state index in [4.69, 9.17) is 0 Å². The number of amides is 2. The van der Waals surface area contributed by atoms with E-state index in [1.807, 2.05) is 50.2 Å². The second-order valence-electron chi connectivity index (χ2n) is 6.36. The summed E-state index contributed by atoms with van der Waals surface area (Å²) in [6.07, 6.45) is 3.23. The Labute approximate surface area is 153 Å². The summed E-state index contributed by atoms with van der Waals surface area (Å²) in [4.78, 5) is 26.1. The third-order valence-corrected chi connectivity index (χ3v) is 4.72. The Hall–Kier alpha value is -2.14. The number of rotatable bonds is 9. The van der Waals surface area contributed by atoms with Gasteiger partial charge >= 0.3 is 0 Å². The molecule has 0 fully saturated rings. The molecule has 0 spiro atoms. The van der Waals surface area contributed by atoms with E-state index >= 15 is 0 Å². The van der Waals surface area contributed by atoms with Crippen LogP contribution in [0.25, 0.3) is 0 Å². The minimum atomic E-state index is -0.645. The molecule has 0 unspecified atom stereocenters. The van der Waals surface area contributed by atoms with Crippen LogP contribution in [-0.4, -0.2) is 17.9 Å². The molecule has 0 saturated heterocycles. The molecule has 1 aromatic carbocycles. The zero-order valence-corrected chi connectivity index (χ0v) is 15.6. The van der Waals surface area contributed by atoms with Crippen molar-refractivity contribution < 1.29 is 9.59 Å². The summed E-state index contributed by atoms with van der Waals surface area (Å²) in [5, 5.41) is 7.83. The molecule has 1 aromatic heterocycles. The van der Waals surface area contributed by atoms with Gasteiger partial charge in [-0.25, -0.2) is 0 Å². The van der Waals surface area contributed by atoms with E-state index in [0.29, 0.717) is 6.42 Å². The number of benzene rings is 1. The Morgan fingerprint density at radius 3 is 2.40 bits per heavy atom. The summed E-state index contributed by atoms with van der Waals surface area (Å²) in [5.41, 5.74) is 0.799. The summed E-state index contributed by atoms with van der Waals surface area (Å²) in [6.45, 7) is 3.82. The van der Waals surface area contributed by atoms with Gasteiger partial charge in [-0.05, 0) is 50.1 Å². The van der Waals surface area contributed by atoms with Crippen molar-refractivity contribution in [2.45, 2.75) is 51.6 Å². The molecule has 2 rings (SSSR count). The maximum absolute atomic E-state index is 12.5. The molecule has 25 heavy (non-hydrogen) atoms. The number of nitrogens with one attached hydrogen (secondary N) is 2. The number of thiophene rings is 1. The first kappa shape index (κ1) is 19.2. The van der Waals surface area contributed by atoms with Crippen LogP contribution in [0, 0.1) is 0 Å². The molecule has 134 valence electrons. The molecule has 0 radical (unpaired) electrons. The lowest BCUT2D eigenvalue weighted by Crippen LogP contribution is -2.42. The zero-order chi connectivity index (χ0) is 18.1. The van der Waals surface area contributed by atoms with Gasteiger partial charge in [0.05, 0.1) is 0 Å². The highest BCUT2D eigenvalue weighted by molar-refractivity contribution is 7.09. The van der Waals surface area contributed by atoms with Crippen LogP contribution in [-0.2, 0) is 16.0 Å². The van der Waals surface area contributed by atoms with E-state index in [2.05, 4.69) is 22.1 Å². The highest BCUT2D eigenvalue weighted by atomic mass is 32.1. The largest absolute Gasteiger partial charge is 0.352 e. The molecule has 1 atom stereocenters. The first-order valence-corrected chi connectivity index (χ1v) is 9.61. The number of unbranched alkanes of at least 4 members (excludes halogenated alkanes) is 1. The topological polar surface area (TPSA) is 58.2 Å². The monoisotopic (exact) mass is 358 g/mol. The highest BCUT2D eigenvalue weighted by Crippen LogP contribution is 2.15. The lowest BCUT2D eigenvalue weighted by molar-refractivity contribution is -0.129. The van der Waals surface area contributed by atoms with E-state index in [-0.39, 0.29) is 17.9 Å². The van der Waals surface area contributed by atoms with E-state index in [1.54, 1.807) is 11.3 Å². The molecule has 0 aliphatic rings. The number of hydrogen-bond acceptors (Lipinski definition) is 3. The standard InChI is InChI=1S/C20H26N2O2S/c1-15(2)21-20(24)19(16-9-4-3-5-10-16)22-18(23)13-7-6-11-17-12-8-14-25-17/h3-5,8-10,12,14-15,19H,6-7,11,13H2,1-2H3,(H,21,24)(H,22,23)/t19-/m0/s1. The normalized spacial score (nSPS) is 12.0. The molecule has 0 aliphatic carbocycles. The third kappa shape index (κ3) is 6.70. The van der Waals surface area contributed by atoms with Gasteiger partial charge in [0.25, 0.3) is 0 Å². The Morgan fingerprint density at radius 1 is 1.00 bits per heavy atom. The zero-order valence-electron chi connectivity index (χ0n) is 14.8. The third-order valence-electron chi connectivity index (χ3n) is 3.79. The molecule has 5 heteroatoms. The van der Waals surface area contributed by atoms with Crippen molar-refractivity contribution in [3.8, 4) is 0 Å². The fraction of sp³-hybridized carbons (Fsp3) is 0.400. The van der Waals surface area contributed by atoms with Crippen molar-refractivity contribution in [1.29, 1.82) is 0 Å². The van der Waals surface area contributed by atoms with Crippen molar-refractivity contribution >= 4 is 23.2 Å². The molecular formula is C20H26N2O2S. The summed E-state index contributed by atoms with van der Waals surface area (Å²) in [7, 11) is 0. The Morgan fingerprint density at radius 2 is 1.76 bits per heavy atom. The van der Waals surface area contributed by atoms with Gasteiger partial charge in [-0.2, -0.15) is 0 Å². The van der Waals surface area contributed by atoms with Crippen LogP contribution in [0.2, 0.25) is 0 Å². The van der Waals surface area contributed by atoms with Crippen molar-refractivity contribution in [3.63, 3.8) is 0 Å². The van der Waals surface area contributed by atoms with E-state index in [1.165, 1.54) is 4.88 Å². The maximum atomic E-state index is 12.5. The second-order valence-corrected chi connectivity index (χ2v) is 7.39. The van der Waals surface area contributed by atoms with E-state index in [9.17, 15) is 9.59 Å². The van der Waals surface area contributed by atoms with Crippen LogP contribution < -0.4 is 10.6 Å². The molecule has 0 saturated carbocycles. The average Bonchev–Trinajstić information content (AvgIpc) is 3.10. The van der Waals surface area contributed by atoms with Gasteiger partial charge in [-0.3, -0.25) is 9.59 Å². The van der Waals surface area contributed by atoms with Gasteiger partial charge in [-0.1, -0.05) is 36.4 Å². The Balaban J connectivity index is 1.87. The first-order chi connectivity index (χ1) is 12.1. The lowest BCUT2D eigenvalue weighted by Gasteiger charge is -2.20. The van der Waals surface area contributed by atoms with Gasteiger partial charge in [0.15, 0.2) is 0 Å². The summed E-state index contributed by atoms with van der Waals surface area (Å²) in [6, 6.07) is 12.9. The number of carbonyl (C=O) groups is 2. The molecule has 0 bridgehead atoms. The van der Waals surface area contributed by atoms with Crippen LogP contribution in [0.5, 0.6) is 0 Å². The first-order valence-electron chi connectivity index (χ1n) is 8.73.